The van der Waals surface area contributed by atoms with Gasteiger partial charge in [0.15, 0.2) is 0 Å². The van der Waals surface area contributed by atoms with Gasteiger partial charge in [0.05, 0.1) is 11.8 Å². The van der Waals surface area contributed by atoms with Gasteiger partial charge in [-0.15, -0.1) is 11.8 Å². The molecule has 6 heteroatoms. The van der Waals surface area contributed by atoms with Crippen molar-refractivity contribution in [1.29, 1.82) is 0 Å². The number of likely N-dealkylation sites (N-methyl/N-ethyl adjacent to an activating group) is 1. The fraction of sp³-hybridized carbons (Fsp3) is 0.278. The Morgan fingerprint density at radius 1 is 1.25 bits per heavy atom. The van der Waals surface area contributed by atoms with Gasteiger partial charge in [-0.05, 0) is 56.1 Å². The number of hydrogen-bond donors (Lipinski definition) is 1. The Morgan fingerprint density at radius 3 is 2.58 bits per heavy atom. The van der Waals surface area contributed by atoms with Crippen LogP contribution in [0.2, 0.25) is 5.02 Å². The van der Waals surface area contributed by atoms with Crippen LogP contribution in [0, 0.1) is 5.82 Å². The topological polar surface area (TPSA) is 32.3 Å². The summed E-state index contributed by atoms with van der Waals surface area (Å²) in [5, 5.41) is 3.59. The second-order valence-corrected chi connectivity index (χ2v) is 7.07. The van der Waals surface area contributed by atoms with Crippen LogP contribution < -0.4 is 5.32 Å². The number of halogens is 2. The monoisotopic (exact) mass is 366 g/mol. The van der Waals surface area contributed by atoms with Crippen molar-refractivity contribution in [2.45, 2.75) is 10.9 Å². The van der Waals surface area contributed by atoms with Gasteiger partial charge < -0.3 is 10.2 Å². The summed E-state index contributed by atoms with van der Waals surface area (Å²) >= 11 is 7.29. The summed E-state index contributed by atoms with van der Waals surface area (Å²) in [4.78, 5) is 15.0. The van der Waals surface area contributed by atoms with Gasteiger partial charge in [0, 0.05) is 16.5 Å². The molecule has 0 saturated carbocycles. The predicted octanol–water partition coefficient (Wildman–Crippen LogP) is 3.99. The molecule has 0 aliphatic carbocycles. The average molecular weight is 367 g/mol. The van der Waals surface area contributed by atoms with E-state index in [1.807, 2.05) is 37.2 Å². The third-order valence-corrected chi connectivity index (χ3v) is 4.80. The first-order valence-corrected chi connectivity index (χ1v) is 8.89. The zero-order chi connectivity index (χ0) is 17.5. The fourth-order valence-corrected chi connectivity index (χ4v) is 3.11. The summed E-state index contributed by atoms with van der Waals surface area (Å²) in [6.45, 7) is 0.427. The Balaban J connectivity index is 1.87. The van der Waals surface area contributed by atoms with Gasteiger partial charge in [0.25, 0.3) is 0 Å². The number of nitrogens with one attached hydrogen (secondary N) is 1. The Hall–Kier alpha value is -1.56. The molecule has 1 unspecified atom stereocenters. The molecule has 24 heavy (non-hydrogen) atoms. The fourth-order valence-electron chi connectivity index (χ4n) is 2.25. The second kappa shape index (κ2) is 9.06. The zero-order valence-corrected chi connectivity index (χ0v) is 15.2. The highest BCUT2D eigenvalue weighted by molar-refractivity contribution is 8.00. The van der Waals surface area contributed by atoms with E-state index in [-0.39, 0.29) is 17.8 Å². The zero-order valence-electron chi connectivity index (χ0n) is 13.6. The van der Waals surface area contributed by atoms with Crippen molar-refractivity contribution < 1.29 is 9.18 Å². The van der Waals surface area contributed by atoms with E-state index in [0.717, 1.165) is 10.5 Å². The molecule has 0 aliphatic rings. The van der Waals surface area contributed by atoms with Gasteiger partial charge >= 0.3 is 0 Å². The molecule has 0 heterocycles. The molecular formula is C18H20ClFN2OS. The minimum atomic E-state index is -0.274. The van der Waals surface area contributed by atoms with Gasteiger partial charge in [-0.25, -0.2) is 4.39 Å². The highest BCUT2D eigenvalue weighted by Gasteiger charge is 2.16. The lowest BCUT2D eigenvalue weighted by molar-refractivity contribution is -0.118. The van der Waals surface area contributed by atoms with Gasteiger partial charge in [-0.1, -0.05) is 23.7 Å². The average Bonchev–Trinajstić information content (AvgIpc) is 2.54. The van der Waals surface area contributed by atoms with E-state index in [4.69, 9.17) is 11.6 Å². The molecule has 2 rings (SSSR count). The molecule has 0 aliphatic heterocycles. The molecule has 0 radical (unpaired) electrons. The highest BCUT2D eigenvalue weighted by atomic mass is 35.5. The summed E-state index contributed by atoms with van der Waals surface area (Å²) in [5.74, 6) is -0.00698. The van der Waals surface area contributed by atoms with E-state index >= 15 is 0 Å². The molecule has 0 spiro atoms. The van der Waals surface area contributed by atoms with E-state index in [1.54, 1.807) is 18.2 Å². The summed E-state index contributed by atoms with van der Waals surface area (Å²) in [6.07, 6.45) is 0. The van der Waals surface area contributed by atoms with Crippen molar-refractivity contribution in [3.63, 3.8) is 0 Å². The van der Waals surface area contributed by atoms with Crippen molar-refractivity contribution in [3.8, 4) is 0 Å². The van der Waals surface area contributed by atoms with E-state index in [2.05, 4.69) is 5.32 Å². The largest absolute Gasteiger partial charge is 0.353 e. The lowest BCUT2D eigenvalue weighted by atomic mass is 10.1. The summed E-state index contributed by atoms with van der Waals surface area (Å²) in [5.41, 5.74) is 0.839. The molecule has 0 fully saturated rings. The maximum atomic E-state index is 13.4. The van der Waals surface area contributed by atoms with Gasteiger partial charge in [0.2, 0.25) is 5.91 Å². The van der Waals surface area contributed by atoms with Crippen LogP contribution in [0.5, 0.6) is 0 Å². The van der Waals surface area contributed by atoms with Crippen molar-refractivity contribution in [2.75, 3.05) is 26.4 Å². The molecule has 2 aromatic rings. The highest BCUT2D eigenvalue weighted by Crippen LogP contribution is 2.21. The first kappa shape index (κ1) is 18.8. The number of thioether (sulfide) groups is 1. The molecular weight excluding hydrogens is 347 g/mol. The number of carbonyl (C=O) groups excluding carboxylic acids is 1. The maximum Gasteiger partial charge on any atom is 0.230 e. The molecule has 0 bridgehead atoms. The van der Waals surface area contributed by atoms with E-state index in [0.29, 0.717) is 17.3 Å². The van der Waals surface area contributed by atoms with Crippen LogP contribution in [0.4, 0.5) is 4.39 Å². The number of amides is 1. The number of hydrogen-bond acceptors (Lipinski definition) is 3. The maximum absolute atomic E-state index is 13.4. The third kappa shape index (κ3) is 5.82. The molecule has 2 aromatic carbocycles. The molecule has 1 amide bonds. The molecule has 1 atom stereocenters. The summed E-state index contributed by atoms with van der Waals surface area (Å²) < 4.78 is 13.4. The molecule has 1 N–H and O–H groups in total. The third-order valence-electron chi connectivity index (χ3n) is 3.53. The summed E-state index contributed by atoms with van der Waals surface area (Å²) in [6, 6.07) is 13.7. The lowest BCUT2D eigenvalue weighted by Gasteiger charge is -2.25. The number of carbonyl (C=O) groups is 1. The first-order chi connectivity index (χ1) is 11.5. The molecule has 0 saturated heterocycles. The normalized spacial score (nSPS) is 12.2. The Morgan fingerprint density at radius 2 is 1.96 bits per heavy atom. The van der Waals surface area contributed by atoms with Crippen molar-refractivity contribution in [1.82, 2.24) is 10.2 Å². The number of rotatable bonds is 7. The first-order valence-electron chi connectivity index (χ1n) is 7.52. The minimum Gasteiger partial charge on any atom is -0.353 e. The molecule has 128 valence electrons. The Kier molecular flexibility index (Phi) is 7.09. The van der Waals surface area contributed by atoms with Crippen LogP contribution in [-0.2, 0) is 4.79 Å². The van der Waals surface area contributed by atoms with Crippen LogP contribution in [0.25, 0.3) is 0 Å². The minimum absolute atomic E-state index is 0.0572. The SMILES string of the molecule is CN(C)C(CNC(=O)CSc1ccc(Cl)cc1)c1cccc(F)c1. The number of benzene rings is 2. The van der Waals surface area contributed by atoms with E-state index < -0.39 is 0 Å². The van der Waals surface area contributed by atoms with Gasteiger partial charge in [-0.3, -0.25) is 4.79 Å². The smallest absolute Gasteiger partial charge is 0.230 e. The van der Waals surface area contributed by atoms with Crippen molar-refractivity contribution >= 4 is 29.3 Å². The number of nitrogens with zero attached hydrogens (tertiary/aromatic N) is 1. The van der Waals surface area contributed by atoms with E-state index in [1.165, 1.54) is 23.9 Å². The van der Waals surface area contributed by atoms with Gasteiger partial charge in [0.1, 0.15) is 5.82 Å². The standard InChI is InChI=1S/C18H20ClFN2OS/c1-22(2)17(13-4-3-5-15(20)10-13)11-21-18(23)12-24-16-8-6-14(19)7-9-16/h3-10,17H,11-12H2,1-2H3,(H,21,23). The summed E-state index contributed by atoms with van der Waals surface area (Å²) in [7, 11) is 3.81. The van der Waals surface area contributed by atoms with E-state index in [9.17, 15) is 9.18 Å². The van der Waals surface area contributed by atoms with Crippen LogP contribution in [0.15, 0.2) is 53.4 Å². The second-order valence-electron chi connectivity index (χ2n) is 5.58. The quantitative estimate of drug-likeness (QED) is 0.752. The van der Waals surface area contributed by atoms with Crippen LogP contribution in [0.1, 0.15) is 11.6 Å². The van der Waals surface area contributed by atoms with Crippen molar-refractivity contribution in [2.24, 2.45) is 0 Å². The van der Waals surface area contributed by atoms with Crippen LogP contribution in [0.3, 0.4) is 0 Å². The van der Waals surface area contributed by atoms with Crippen molar-refractivity contribution in [3.05, 3.63) is 64.9 Å². The molecule has 3 nitrogen and oxygen atoms in total. The van der Waals surface area contributed by atoms with Crippen LogP contribution in [-0.4, -0.2) is 37.2 Å². The lowest BCUT2D eigenvalue weighted by Crippen LogP contribution is -2.35. The predicted molar refractivity (Wildman–Crippen MR) is 98.0 cm³/mol. The molecule has 0 aromatic heterocycles. The Bertz CT molecular complexity index is 679. The van der Waals surface area contributed by atoms with Gasteiger partial charge in [-0.2, -0.15) is 0 Å². The van der Waals surface area contributed by atoms with Crippen LogP contribution >= 0.6 is 23.4 Å². The Labute approximate surface area is 151 Å².